The lowest BCUT2D eigenvalue weighted by Gasteiger charge is -2.34. The van der Waals surface area contributed by atoms with Gasteiger partial charge in [0.1, 0.15) is 0 Å². The Bertz CT molecular complexity index is 307. The van der Waals surface area contributed by atoms with Gasteiger partial charge in [0, 0.05) is 6.54 Å². The molecule has 1 atom stereocenters. The molecule has 1 aromatic rings. The quantitative estimate of drug-likeness (QED) is 0.746. The highest BCUT2D eigenvalue weighted by Crippen LogP contribution is 2.28. The Morgan fingerprint density at radius 3 is 3.07 bits per heavy atom. The number of hydrogen-bond acceptors (Lipinski definition) is 3. The molecular weight excluding hydrogens is 194 g/mol. The third kappa shape index (κ3) is 1.82. The van der Waals surface area contributed by atoms with Crippen LogP contribution in [0.5, 0.6) is 0 Å². The van der Waals surface area contributed by atoms with Crippen molar-refractivity contribution in [2.75, 3.05) is 11.4 Å². The van der Waals surface area contributed by atoms with Gasteiger partial charge in [0.2, 0.25) is 0 Å². The molecule has 0 aliphatic carbocycles. The van der Waals surface area contributed by atoms with Crippen LogP contribution >= 0.6 is 11.3 Å². The Hall–Kier alpha value is -0.830. The normalized spacial score (nSPS) is 22.4. The summed E-state index contributed by atoms with van der Waals surface area (Å²) < 4.78 is 0. The van der Waals surface area contributed by atoms with Gasteiger partial charge in [0.15, 0.2) is 5.78 Å². The second-order valence-electron chi connectivity index (χ2n) is 3.77. The largest absolute Gasteiger partial charge is 0.353 e. The fourth-order valence-corrected chi connectivity index (χ4v) is 2.86. The molecule has 0 aromatic carbocycles. The lowest BCUT2D eigenvalue weighted by molar-refractivity contribution is -0.118. The summed E-state index contributed by atoms with van der Waals surface area (Å²) in [5, 5.41) is 3.31. The molecule has 1 fully saturated rings. The van der Waals surface area contributed by atoms with Gasteiger partial charge in [0.25, 0.3) is 0 Å². The molecule has 0 radical (unpaired) electrons. The number of ketones is 1. The summed E-state index contributed by atoms with van der Waals surface area (Å²) in [6.07, 6.45) is 3.42. The fourth-order valence-electron chi connectivity index (χ4n) is 2.05. The Morgan fingerprint density at radius 1 is 1.57 bits per heavy atom. The number of nitrogens with zero attached hydrogens (tertiary/aromatic N) is 1. The number of rotatable bonds is 2. The van der Waals surface area contributed by atoms with Crippen molar-refractivity contribution in [1.29, 1.82) is 0 Å². The van der Waals surface area contributed by atoms with Crippen LogP contribution in [0.2, 0.25) is 0 Å². The monoisotopic (exact) mass is 209 g/mol. The Balaban J connectivity index is 2.18. The second-order valence-corrected chi connectivity index (χ2v) is 4.69. The summed E-state index contributed by atoms with van der Waals surface area (Å²) in [4.78, 5) is 13.7. The average Bonchev–Trinajstić information content (AvgIpc) is 2.70. The van der Waals surface area contributed by atoms with E-state index in [9.17, 15) is 4.79 Å². The van der Waals surface area contributed by atoms with Crippen molar-refractivity contribution < 1.29 is 4.79 Å². The van der Waals surface area contributed by atoms with E-state index < -0.39 is 0 Å². The zero-order valence-electron chi connectivity index (χ0n) is 8.40. The number of hydrogen-bond donors (Lipinski definition) is 0. The molecule has 2 heterocycles. The molecule has 14 heavy (non-hydrogen) atoms. The maximum absolute atomic E-state index is 11.5. The molecule has 1 aliphatic rings. The molecular formula is C11H15NOS. The molecule has 0 N–H and O–H groups in total. The van der Waals surface area contributed by atoms with E-state index in [0.29, 0.717) is 5.78 Å². The van der Waals surface area contributed by atoms with E-state index in [0.717, 1.165) is 13.0 Å². The van der Waals surface area contributed by atoms with Crippen LogP contribution in [-0.2, 0) is 4.79 Å². The minimum atomic E-state index is 0.127. The molecule has 0 saturated carbocycles. The van der Waals surface area contributed by atoms with Gasteiger partial charge in [-0.15, -0.1) is 11.3 Å². The van der Waals surface area contributed by atoms with Crippen molar-refractivity contribution in [3.05, 3.63) is 17.5 Å². The lowest BCUT2D eigenvalue weighted by atomic mass is 9.99. The number of carbonyl (C=O) groups excluding carboxylic acids is 1. The zero-order valence-corrected chi connectivity index (χ0v) is 9.22. The van der Waals surface area contributed by atoms with Crippen molar-refractivity contribution in [2.45, 2.75) is 32.2 Å². The number of Topliss-reactive ketones (excluding diaryl/α,β-unsaturated/α-hetero) is 1. The molecule has 1 aromatic heterocycles. The SMILES string of the molecule is CC(=O)C1CCCCN1c1cccs1. The lowest BCUT2D eigenvalue weighted by Crippen LogP contribution is -2.43. The van der Waals surface area contributed by atoms with Crippen LogP contribution in [0.25, 0.3) is 0 Å². The maximum atomic E-state index is 11.5. The van der Waals surface area contributed by atoms with E-state index in [2.05, 4.69) is 16.3 Å². The number of carbonyl (C=O) groups is 1. The second kappa shape index (κ2) is 4.13. The molecule has 1 aliphatic heterocycles. The van der Waals surface area contributed by atoms with E-state index >= 15 is 0 Å². The van der Waals surface area contributed by atoms with E-state index in [4.69, 9.17) is 0 Å². The zero-order chi connectivity index (χ0) is 9.97. The summed E-state index contributed by atoms with van der Waals surface area (Å²) >= 11 is 1.72. The summed E-state index contributed by atoms with van der Waals surface area (Å²) in [6.45, 7) is 2.74. The van der Waals surface area contributed by atoms with Crippen LogP contribution in [0.3, 0.4) is 0 Å². The van der Waals surface area contributed by atoms with Crippen molar-refractivity contribution in [2.24, 2.45) is 0 Å². The molecule has 76 valence electrons. The van der Waals surface area contributed by atoms with Gasteiger partial charge >= 0.3 is 0 Å². The summed E-state index contributed by atoms with van der Waals surface area (Å²) in [5.41, 5.74) is 0. The third-order valence-corrected chi connectivity index (χ3v) is 3.67. The molecule has 0 amide bonds. The van der Waals surface area contributed by atoms with Gasteiger partial charge in [-0.1, -0.05) is 0 Å². The van der Waals surface area contributed by atoms with Gasteiger partial charge in [-0.05, 0) is 43.7 Å². The number of thiophene rings is 1. The van der Waals surface area contributed by atoms with Crippen molar-refractivity contribution in [3.63, 3.8) is 0 Å². The molecule has 2 rings (SSSR count). The molecule has 1 saturated heterocycles. The van der Waals surface area contributed by atoms with Crippen molar-refractivity contribution in [1.82, 2.24) is 0 Å². The van der Waals surface area contributed by atoms with Crippen LogP contribution in [0.1, 0.15) is 26.2 Å². The predicted molar refractivity (Wildman–Crippen MR) is 60.0 cm³/mol. The van der Waals surface area contributed by atoms with Crippen LogP contribution < -0.4 is 4.90 Å². The first-order valence-electron chi connectivity index (χ1n) is 5.09. The highest BCUT2D eigenvalue weighted by molar-refractivity contribution is 7.14. The van der Waals surface area contributed by atoms with Crippen LogP contribution in [0.4, 0.5) is 5.00 Å². The molecule has 0 spiro atoms. The minimum Gasteiger partial charge on any atom is -0.353 e. The number of anilines is 1. The minimum absolute atomic E-state index is 0.127. The Labute approximate surface area is 88.5 Å². The Morgan fingerprint density at radius 2 is 2.43 bits per heavy atom. The van der Waals surface area contributed by atoms with E-state index in [-0.39, 0.29) is 6.04 Å². The molecule has 1 unspecified atom stereocenters. The topological polar surface area (TPSA) is 20.3 Å². The molecule has 0 bridgehead atoms. The smallest absolute Gasteiger partial charge is 0.152 e. The summed E-state index contributed by atoms with van der Waals surface area (Å²) in [5.74, 6) is 0.304. The summed E-state index contributed by atoms with van der Waals surface area (Å²) in [6, 6.07) is 4.28. The van der Waals surface area contributed by atoms with E-state index in [1.807, 2.05) is 6.07 Å². The van der Waals surface area contributed by atoms with Crippen LogP contribution in [0, 0.1) is 0 Å². The predicted octanol–water partition coefficient (Wildman–Crippen LogP) is 2.70. The van der Waals surface area contributed by atoms with Gasteiger partial charge < -0.3 is 4.90 Å². The molecule has 3 heteroatoms. The first-order valence-corrected chi connectivity index (χ1v) is 5.97. The van der Waals surface area contributed by atoms with Gasteiger partial charge in [-0.25, -0.2) is 0 Å². The molecule has 2 nitrogen and oxygen atoms in total. The van der Waals surface area contributed by atoms with E-state index in [1.165, 1.54) is 17.8 Å². The van der Waals surface area contributed by atoms with Gasteiger partial charge in [-0.2, -0.15) is 0 Å². The van der Waals surface area contributed by atoms with Crippen molar-refractivity contribution >= 4 is 22.1 Å². The first-order chi connectivity index (χ1) is 6.79. The first kappa shape index (κ1) is 9.71. The maximum Gasteiger partial charge on any atom is 0.152 e. The highest BCUT2D eigenvalue weighted by atomic mass is 32.1. The fraction of sp³-hybridized carbons (Fsp3) is 0.545. The third-order valence-electron chi connectivity index (χ3n) is 2.76. The Kier molecular flexibility index (Phi) is 2.87. The average molecular weight is 209 g/mol. The highest BCUT2D eigenvalue weighted by Gasteiger charge is 2.26. The van der Waals surface area contributed by atoms with Gasteiger partial charge in [-0.3, -0.25) is 4.79 Å². The van der Waals surface area contributed by atoms with Crippen LogP contribution in [0.15, 0.2) is 17.5 Å². The van der Waals surface area contributed by atoms with Gasteiger partial charge in [0.05, 0.1) is 11.0 Å². The number of piperidine rings is 1. The summed E-state index contributed by atoms with van der Waals surface area (Å²) in [7, 11) is 0. The van der Waals surface area contributed by atoms with Crippen LogP contribution in [-0.4, -0.2) is 18.4 Å². The standard InChI is InChI=1S/C11H15NOS/c1-9(13)10-5-2-3-7-12(10)11-6-4-8-14-11/h4,6,8,10H,2-3,5,7H2,1H3. The van der Waals surface area contributed by atoms with Crippen molar-refractivity contribution in [3.8, 4) is 0 Å². The van der Waals surface area contributed by atoms with E-state index in [1.54, 1.807) is 18.3 Å².